The summed E-state index contributed by atoms with van der Waals surface area (Å²) in [5.74, 6) is 1.15. The van der Waals surface area contributed by atoms with Crippen molar-refractivity contribution in [1.29, 1.82) is 0 Å². The molecular weight excluding hydrogens is 282 g/mol. The molecule has 0 radical (unpaired) electrons. The lowest BCUT2D eigenvalue weighted by molar-refractivity contribution is 0.00578. The van der Waals surface area contributed by atoms with Gasteiger partial charge in [0.15, 0.2) is 0 Å². The van der Waals surface area contributed by atoms with Crippen LogP contribution in [0, 0.1) is 5.92 Å². The fraction of sp³-hybridized carbons (Fsp3) is 0.647. The molecule has 1 aliphatic heterocycles. The molecule has 1 unspecified atom stereocenters. The molecule has 0 bridgehead atoms. The van der Waals surface area contributed by atoms with Gasteiger partial charge in [-0.2, -0.15) is 0 Å². The maximum absolute atomic E-state index is 6.26. The molecule has 2 rings (SSSR count). The van der Waals surface area contributed by atoms with Gasteiger partial charge in [0, 0.05) is 11.7 Å². The van der Waals surface area contributed by atoms with Crippen LogP contribution < -0.4 is 0 Å². The van der Waals surface area contributed by atoms with Crippen LogP contribution in [0.3, 0.4) is 0 Å². The Bertz CT molecular complexity index is 483. The Balaban J connectivity index is 2.33. The summed E-state index contributed by atoms with van der Waals surface area (Å²) in [6.07, 6.45) is 0. The largest absolute Gasteiger partial charge is 0.466 e. The molecule has 0 amide bonds. The zero-order valence-electron chi connectivity index (χ0n) is 13.9. The number of hydrogen-bond acceptors (Lipinski definition) is 2. The topological polar surface area (TPSA) is 18.5 Å². The molecule has 1 aromatic rings. The molecule has 0 aromatic heterocycles. The van der Waals surface area contributed by atoms with Crippen molar-refractivity contribution >= 4 is 18.7 Å². The monoisotopic (exact) mass is 308 g/mol. The van der Waals surface area contributed by atoms with Gasteiger partial charge in [-0.05, 0) is 44.7 Å². The third kappa shape index (κ3) is 3.30. The molecule has 1 fully saturated rings. The molecule has 0 saturated carbocycles. The maximum atomic E-state index is 6.26. The van der Waals surface area contributed by atoms with E-state index in [1.807, 2.05) is 0 Å². The lowest BCUT2D eigenvalue weighted by atomic mass is 9.62. The second-order valence-electron chi connectivity index (χ2n) is 7.27. The molecule has 1 aliphatic rings. The Kier molecular flexibility index (Phi) is 4.77. The van der Waals surface area contributed by atoms with E-state index >= 15 is 0 Å². The third-order valence-corrected chi connectivity index (χ3v) is 5.08. The highest BCUT2D eigenvalue weighted by molar-refractivity contribution is 6.47. The van der Waals surface area contributed by atoms with Crippen LogP contribution in [0.1, 0.15) is 58.5 Å². The summed E-state index contributed by atoms with van der Waals surface area (Å²) in [4.78, 5) is 0. The van der Waals surface area contributed by atoms with E-state index in [1.165, 1.54) is 5.56 Å². The third-order valence-electron chi connectivity index (χ3n) is 4.77. The summed E-state index contributed by atoms with van der Waals surface area (Å²) in [5.41, 5.74) is 1.78. The molecule has 0 spiro atoms. The first-order valence-electron chi connectivity index (χ1n) is 7.68. The van der Waals surface area contributed by atoms with E-state index in [4.69, 9.17) is 20.9 Å². The van der Waals surface area contributed by atoms with Gasteiger partial charge >= 0.3 is 7.12 Å². The zero-order chi connectivity index (χ0) is 15.8. The molecule has 1 aromatic carbocycles. The minimum atomic E-state index is -0.297. The highest BCUT2D eigenvalue weighted by Crippen LogP contribution is 2.42. The van der Waals surface area contributed by atoms with Gasteiger partial charge in [-0.25, -0.2) is 0 Å². The standard InChI is InChI=1S/C17H26BClO2/c1-12(2)15(14-9-7-8-13(10-14)11-19)18-20-16(3,4)17(5,6)21-18/h7-10,12,15H,11H2,1-6H3. The quantitative estimate of drug-likeness (QED) is 0.588. The van der Waals surface area contributed by atoms with E-state index in [-0.39, 0.29) is 24.1 Å². The lowest BCUT2D eigenvalue weighted by Gasteiger charge is -2.32. The van der Waals surface area contributed by atoms with Crippen molar-refractivity contribution in [2.45, 2.75) is 64.4 Å². The molecular formula is C17H26BClO2. The molecule has 2 nitrogen and oxygen atoms in total. The van der Waals surface area contributed by atoms with E-state index in [1.54, 1.807) is 0 Å². The second-order valence-corrected chi connectivity index (χ2v) is 7.54. The zero-order valence-corrected chi connectivity index (χ0v) is 14.7. The Hall–Kier alpha value is -0.505. The van der Waals surface area contributed by atoms with Gasteiger partial charge in [0.2, 0.25) is 0 Å². The van der Waals surface area contributed by atoms with Crippen molar-refractivity contribution < 1.29 is 9.31 Å². The fourth-order valence-corrected chi connectivity index (χ4v) is 2.94. The van der Waals surface area contributed by atoms with Gasteiger partial charge in [-0.15, -0.1) is 11.6 Å². The Morgan fingerprint density at radius 1 is 1.10 bits per heavy atom. The van der Waals surface area contributed by atoms with Crippen LogP contribution in [-0.4, -0.2) is 18.3 Å². The average molecular weight is 309 g/mol. The summed E-state index contributed by atoms with van der Waals surface area (Å²) in [6.45, 7) is 12.8. The van der Waals surface area contributed by atoms with Gasteiger partial charge in [-0.3, -0.25) is 0 Å². The van der Waals surface area contributed by atoms with E-state index in [0.29, 0.717) is 11.8 Å². The van der Waals surface area contributed by atoms with Crippen LogP contribution >= 0.6 is 11.6 Å². The predicted molar refractivity (Wildman–Crippen MR) is 89.7 cm³/mol. The molecule has 0 N–H and O–H groups in total. The highest BCUT2D eigenvalue weighted by Gasteiger charge is 2.54. The van der Waals surface area contributed by atoms with Crippen molar-refractivity contribution in [3.05, 3.63) is 35.4 Å². The first-order chi connectivity index (χ1) is 9.68. The predicted octanol–water partition coefficient (Wildman–Crippen LogP) is 4.80. The fourth-order valence-electron chi connectivity index (χ4n) is 2.78. The van der Waals surface area contributed by atoms with Gasteiger partial charge in [0.1, 0.15) is 0 Å². The van der Waals surface area contributed by atoms with Crippen LogP contribution in [-0.2, 0) is 15.2 Å². The van der Waals surface area contributed by atoms with Crippen LogP contribution in [0.25, 0.3) is 0 Å². The van der Waals surface area contributed by atoms with E-state index in [0.717, 1.165) is 5.56 Å². The van der Waals surface area contributed by atoms with Gasteiger partial charge in [0.05, 0.1) is 11.2 Å². The van der Waals surface area contributed by atoms with Gasteiger partial charge in [-0.1, -0.05) is 38.1 Å². The van der Waals surface area contributed by atoms with Gasteiger partial charge < -0.3 is 9.31 Å². The van der Waals surface area contributed by atoms with Crippen LogP contribution in [0.2, 0.25) is 0 Å². The highest BCUT2D eigenvalue weighted by atomic mass is 35.5. The van der Waals surface area contributed by atoms with E-state index < -0.39 is 0 Å². The first-order valence-corrected chi connectivity index (χ1v) is 8.22. The minimum Gasteiger partial charge on any atom is -0.403 e. The van der Waals surface area contributed by atoms with Gasteiger partial charge in [0.25, 0.3) is 0 Å². The number of hydrogen-bond donors (Lipinski definition) is 0. The Morgan fingerprint density at radius 2 is 1.67 bits per heavy atom. The van der Waals surface area contributed by atoms with Crippen LogP contribution in [0.5, 0.6) is 0 Å². The van der Waals surface area contributed by atoms with E-state index in [9.17, 15) is 0 Å². The smallest absolute Gasteiger partial charge is 0.403 e. The van der Waals surface area contributed by atoms with Crippen molar-refractivity contribution in [1.82, 2.24) is 0 Å². The summed E-state index contributed by atoms with van der Waals surface area (Å²) in [5, 5.41) is 0. The molecule has 1 atom stereocenters. The molecule has 0 aliphatic carbocycles. The summed E-state index contributed by atoms with van der Waals surface area (Å²) < 4.78 is 12.5. The van der Waals surface area contributed by atoms with Crippen molar-refractivity contribution in [3.63, 3.8) is 0 Å². The second kappa shape index (κ2) is 5.94. The normalized spacial score (nSPS) is 21.8. The molecule has 116 valence electrons. The number of halogens is 1. The molecule has 1 saturated heterocycles. The molecule has 21 heavy (non-hydrogen) atoms. The van der Waals surface area contributed by atoms with Crippen molar-refractivity contribution in [3.8, 4) is 0 Å². The van der Waals surface area contributed by atoms with Crippen molar-refractivity contribution in [2.24, 2.45) is 5.92 Å². The summed E-state index contributed by atoms with van der Waals surface area (Å²) in [6, 6.07) is 8.43. The SMILES string of the molecule is CC(C)C(B1OC(C)(C)C(C)(C)O1)c1cccc(CCl)c1. The summed E-state index contributed by atoms with van der Waals surface area (Å²) >= 11 is 5.97. The van der Waals surface area contributed by atoms with E-state index in [2.05, 4.69) is 65.8 Å². The summed E-state index contributed by atoms with van der Waals surface area (Å²) in [7, 11) is -0.222. The molecule has 4 heteroatoms. The number of rotatable bonds is 4. The van der Waals surface area contributed by atoms with Crippen molar-refractivity contribution in [2.75, 3.05) is 0 Å². The molecule has 1 heterocycles. The maximum Gasteiger partial charge on any atom is 0.466 e. The Morgan fingerprint density at radius 3 is 2.14 bits per heavy atom. The number of alkyl halides is 1. The number of benzene rings is 1. The average Bonchev–Trinajstić information content (AvgIpc) is 2.58. The minimum absolute atomic E-state index is 0.203. The lowest BCUT2D eigenvalue weighted by Crippen LogP contribution is -2.41. The van der Waals surface area contributed by atoms with Crippen LogP contribution in [0.15, 0.2) is 24.3 Å². The van der Waals surface area contributed by atoms with Crippen LogP contribution in [0.4, 0.5) is 0 Å². The first kappa shape index (κ1) is 16.9. The Labute approximate surface area is 134 Å².